The number of hydrogen-bond acceptors (Lipinski definition) is 5. The molecule has 0 saturated heterocycles. The van der Waals surface area contributed by atoms with Crippen LogP contribution in [0.1, 0.15) is 5.56 Å². The SMILES string of the molecule is Cc1cc(NS(=O)(=O)c2ccc([N+](=O)[O-])cc2)cnc1Br. The van der Waals surface area contributed by atoms with Crippen LogP contribution >= 0.6 is 15.9 Å². The van der Waals surface area contributed by atoms with Crippen LogP contribution in [0.2, 0.25) is 0 Å². The number of benzene rings is 1. The van der Waals surface area contributed by atoms with E-state index in [2.05, 4.69) is 25.6 Å². The molecule has 0 unspecified atom stereocenters. The van der Waals surface area contributed by atoms with Gasteiger partial charge in [-0.3, -0.25) is 14.8 Å². The summed E-state index contributed by atoms with van der Waals surface area (Å²) >= 11 is 3.22. The number of aryl methyl sites for hydroxylation is 1. The maximum Gasteiger partial charge on any atom is 0.269 e. The lowest BCUT2D eigenvalue weighted by Crippen LogP contribution is -2.13. The van der Waals surface area contributed by atoms with Crippen molar-refractivity contribution in [1.82, 2.24) is 4.98 Å². The monoisotopic (exact) mass is 371 g/mol. The van der Waals surface area contributed by atoms with E-state index in [1.807, 2.05) is 0 Å². The molecule has 21 heavy (non-hydrogen) atoms. The molecule has 0 amide bonds. The van der Waals surface area contributed by atoms with E-state index in [0.29, 0.717) is 10.3 Å². The molecule has 0 atom stereocenters. The molecule has 2 aromatic rings. The highest BCUT2D eigenvalue weighted by Gasteiger charge is 2.16. The minimum Gasteiger partial charge on any atom is -0.278 e. The lowest BCUT2D eigenvalue weighted by Gasteiger charge is -2.08. The molecule has 0 spiro atoms. The summed E-state index contributed by atoms with van der Waals surface area (Å²) < 4.78 is 27.3. The van der Waals surface area contributed by atoms with Gasteiger partial charge in [0.2, 0.25) is 0 Å². The van der Waals surface area contributed by atoms with Crippen LogP contribution in [0.4, 0.5) is 11.4 Å². The molecular weight excluding hydrogens is 362 g/mol. The molecule has 1 heterocycles. The van der Waals surface area contributed by atoms with Crippen LogP contribution < -0.4 is 4.72 Å². The highest BCUT2D eigenvalue weighted by Crippen LogP contribution is 2.21. The third-order valence-electron chi connectivity index (χ3n) is 2.62. The lowest BCUT2D eigenvalue weighted by atomic mass is 10.3. The summed E-state index contributed by atoms with van der Waals surface area (Å²) in [5.41, 5.74) is 0.919. The zero-order chi connectivity index (χ0) is 15.6. The van der Waals surface area contributed by atoms with Crippen LogP contribution in [-0.2, 0) is 10.0 Å². The first-order valence-corrected chi connectivity index (χ1v) is 7.96. The molecule has 0 fully saturated rings. The fourth-order valence-corrected chi connectivity index (χ4v) is 2.83. The maximum absolute atomic E-state index is 12.2. The number of sulfonamides is 1. The summed E-state index contributed by atoms with van der Waals surface area (Å²) in [7, 11) is -3.81. The summed E-state index contributed by atoms with van der Waals surface area (Å²) in [5.74, 6) is 0. The van der Waals surface area contributed by atoms with Crippen molar-refractivity contribution in [3.8, 4) is 0 Å². The van der Waals surface area contributed by atoms with Crippen molar-refractivity contribution in [2.75, 3.05) is 4.72 Å². The average molecular weight is 372 g/mol. The Balaban J connectivity index is 2.29. The summed E-state index contributed by atoms with van der Waals surface area (Å²) in [6.45, 7) is 1.78. The molecular formula is C12H10BrN3O4S. The second kappa shape index (κ2) is 5.78. The van der Waals surface area contributed by atoms with Crippen molar-refractivity contribution >= 4 is 37.3 Å². The molecule has 1 N–H and O–H groups in total. The Hall–Kier alpha value is -2.00. The fraction of sp³-hybridized carbons (Fsp3) is 0.0833. The molecule has 1 aromatic carbocycles. The normalized spacial score (nSPS) is 11.1. The van der Waals surface area contributed by atoms with Crippen molar-refractivity contribution < 1.29 is 13.3 Å². The first kappa shape index (κ1) is 15.4. The molecule has 0 bridgehead atoms. The number of anilines is 1. The third kappa shape index (κ3) is 3.56. The minimum absolute atomic E-state index is 0.0614. The highest BCUT2D eigenvalue weighted by molar-refractivity contribution is 9.10. The Morgan fingerprint density at radius 3 is 2.43 bits per heavy atom. The van der Waals surface area contributed by atoms with E-state index in [0.717, 1.165) is 17.7 Å². The molecule has 0 aliphatic rings. The Morgan fingerprint density at radius 1 is 1.29 bits per heavy atom. The quantitative estimate of drug-likeness (QED) is 0.505. The van der Waals surface area contributed by atoms with Crippen LogP contribution in [0.15, 0.2) is 46.0 Å². The van der Waals surface area contributed by atoms with Gasteiger partial charge in [-0.15, -0.1) is 0 Å². The average Bonchev–Trinajstić information content (AvgIpc) is 2.43. The van der Waals surface area contributed by atoms with Gasteiger partial charge in [0, 0.05) is 12.1 Å². The number of pyridine rings is 1. The number of non-ortho nitro benzene ring substituents is 1. The second-order valence-corrected chi connectivity index (χ2v) is 6.62. The smallest absolute Gasteiger partial charge is 0.269 e. The van der Waals surface area contributed by atoms with Crippen molar-refractivity contribution in [3.63, 3.8) is 0 Å². The zero-order valence-electron chi connectivity index (χ0n) is 10.8. The van der Waals surface area contributed by atoms with Crippen LogP contribution in [0.5, 0.6) is 0 Å². The molecule has 1 aromatic heterocycles. The zero-order valence-corrected chi connectivity index (χ0v) is 13.2. The van der Waals surface area contributed by atoms with Crippen molar-refractivity contribution in [3.05, 3.63) is 56.8 Å². The summed E-state index contributed by atoms with van der Waals surface area (Å²) in [5, 5.41) is 10.6. The van der Waals surface area contributed by atoms with Gasteiger partial charge in [-0.05, 0) is 46.6 Å². The van der Waals surface area contributed by atoms with Gasteiger partial charge < -0.3 is 0 Å². The number of nitrogens with zero attached hydrogens (tertiary/aromatic N) is 2. The molecule has 2 rings (SSSR count). The molecule has 0 aliphatic heterocycles. The van der Waals surface area contributed by atoms with Crippen molar-refractivity contribution in [1.29, 1.82) is 0 Å². The molecule has 9 heteroatoms. The highest BCUT2D eigenvalue weighted by atomic mass is 79.9. The number of rotatable bonds is 4. The van der Waals surface area contributed by atoms with Gasteiger partial charge >= 0.3 is 0 Å². The number of halogens is 1. The summed E-state index contributed by atoms with van der Waals surface area (Å²) in [6.07, 6.45) is 1.38. The number of nitro groups is 1. The first-order valence-electron chi connectivity index (χ1n) is 5.69. The van der Waals surface area contributed by atoms with Crippen LogP contribution in [0.3, 0.4) is 0 Å². The molecule has 110 valence electrons. The molecule has 0 saturated carbocycles. The van der Waals surface area contributed by atoms with Gasteiger partial charge in [-0.1, -0.05) is 0 Å². The summed E-state index contributed by atoms with van der Waals surface area (Å²) in [6, 6.07) is 6.26. The number of aromatic nitrogens is 1. The third-order valence-corrected chi connectivity index (χ3v) is 4.85. The maximum atomic E-state index is 12.2. The largest absolute Gasteiger partial charge is 0.278 e. The standard InChI is InChI=1S/C12H10BrN3O4S/c1-8-6-9(7-14-12(8)13)15-21(19,20)11-4-2-10(3-5-11)16(17)18/h2-7,15H,1H3. The minimum atomic E-state index is -3.81. The van der Waals surface area contributed by atoms with Crippen molar-refractivity contribution in [2.24, 2.45) is 0 Å². The van der Waals surface area contributed by atoms with Crippen molar-refractivity contribution in [2.45, 2.75) is 11.8 Å². The van der Waals surface area contributed by atoms with E-state index in [9.17, 15) is 18.5 Å². The predicted molar refractivity (Wildman–Crippen MR) is 80.6 cm³/mol. The van der Waals surface area contributed by atoms with E-state index in [4.69, 9.17) is 0 Å². The topological polar surface area (TPSA) is 102 Å². The van der Waals surface area contributed by atoms with Gasteiger partial charge in [0.15, 0.2) is 0 Å². The lowest BCUT2D eigenvalue weighted by molar-refractivity contribution is -0.384. The summed E-state index contributed by atoms with van der Waals surface area (Å²) in [4.78, 5) is 13.9. The second-order valence-electron chi connectivity index (χ2n) is 4.19. The van der Waals surface area contributed by atoms with Gasteiger partial charge in [-0.25, -0.2) is 13.4 Å². The number of hydrogen-bond donors (Lipinski definition) is 1. The van der Waals surface area contributed by atoms with E-state index < -0.39 is 14.9 Å². The Bertz CT molecular complexity index is 791. The van der Waals surface area contributed by atoms with Crippen LogP contribution in [-0.4, -0.2) is 18.3 Å². The van der Waals surface area contributed by atoms with Gasteiger partial charge in [-0.2, -0.15) is 0 Å². The molecule has 7 nitrogen and oxygen atoms in total. The van der Waals surface area contributed by atoms with E-state index in [1.54, 1.807) is 13.0 Å². The molecule has 0 radical (unpaired) electrons. The van der Waals surface area contributed by atoms with Gasteiger partial charge in [0.25, 0.3) is 15.7 Å². The molecule has 0 aliphatic carbocycles. The van der Waals surface area contributed by atoms with E-state index >= 15 is 0 Å². The van der Waals surface area contributed by atoms with Gasteiger partial charge in [0.05, 0.1) is 21.7 Å². The van der Waals surface area contributed by atoms with Crippen LogP contribution in [0.25, 0.3) is 0 Å². The first-order chi connectivity index (χ1) is 9.79. The fourth-order valence-electron chi connectivity index (χ4n) is 1.58. The predicted octanol–water partition coefficient (Wildman–Crippen LogP) is 2.86. The number of nitro benzene ring substituents is 1. The number of nitrogens with one attached hydrogen (secondary N) is 1. The van der Waals surface area contributed by atoms with E-state index in [-0.39, 0.29) is 10.6 Å². The Labute approximate surface area is 129 Å². The van der Waals surface area contributed by atoms with Gasteiger partial charge in [0.1, 0.15) is 4.60 Å². The van der Waals surface area contributed by atoms with E-state index in [1.165, 1.54) is 18.3 Å². The Morgan fingerprint density at radius 2 is 1.90 bits per heavy atom. The van der Waals surface area contributed by atoms with Crippen LogP contribution in [0, 0.1) is 17.0 Å². The Kier molecular flexibility index (Phi) is 4.24.